The summed E-state index contributed by atoms with van der Waals surface area (Å²) in [5, 5.41) is 3.57. The number of likely N-dealkylation sites (N-methyl/N-ethyl adjacent to an activating group) is 1. The first-order chi connectivity index (χ1) is 10.3. The molecule has 0 spiro atoms. The second kappa shape index (κ2) is 10.6. The van der Waals surface area contributed by atoms with Crippen LogP contribution in [0.5, 0.6) is 5.75 Å². The van der Waals surface area contributed by atoms with Crippen LogP contribution in [0, 0.1) is 0 Å². The average molecular weight is 293 g/mol. The third-order valence-corrected chi connectivity index (χ3v) is 3.46. The fourth-order valence-corrected chi connectivity index (χ4v) is 2.52. The van der Waals surface area contributed by atoms with Gasteiger partial charge in [-0.05, 0) is 44.0 Å². The Labute approximate surface area is 130 Å². The van der Waals surface area contributed by atoms with E-state index in [4.69, 9.17) is 9.47 Å². The number of ether oxygens (including phenoxy) is 2. The molecule has 0 aromatic heterocycles. The van der Waals surface area contributed by atoms with E-state index >= 15 is 0 Å². The van der Waals surface area contributed by atoms with E-state index in [1.165, 1.54) is 5.56 Å². The van der Waals surface area contributed by atoms with Crippen LogP contribution < -0.4 is 10.1 Å². The molecule has 0 aliphatic heterocycles. The third kappa shape index (κ3) is 6.06. The summed E-state index contributed by atoms with van der Waals surface area (Å²) in [7, 11) is 0. The molecule has 0 aliphatic carbocycles. The van der Waals surface area contributed by atoms with E-state index in [9.17, 15) is 0 Å². The first-order valence-electron chi connectivity index (χ1n) is 8.34. The standard InChI is InChI=1S/C18H31NO2/c1-5-9-17(20-8-4)18(19-7-3)15-10-12-16(13-11-15)21-14-6-2/h10-13,17-19H,5-9,14H2,1-4H3. The zero-order valence-corrected chi connectivity index (χ0v) is 14.0. The smallest absolute Gasteiger partial charge is 0.119 e. The van der Waals surface area contributed by atoms with Crippen LogP contribution in [-0.2, 0) is 4.74 Å². The maximum Gasteiger partial charge on any atom is 0.119 e. The molecule has 0 amide bonds. The van der Waals surface area contributed by atoms with Gasteiger partial charge in [-0.3, -0.25) is 0 Å². The summed E-state index contributed by atoms with van der Waals surface area (Å²) in [6.07, 6.45) is 3.46. The average Bonchev–Trinajstić information content (AvgIpc) is 2.51. The zero-order valence-electron chi connectivity index (χ0n) is 14.0. The predicted octanol–water partition coefficient (Wildman–Crippen LogP) is 4.33. The molecule has 3 nitrogen and oxygen atoms in total. The van der Waals surface area contributed by atoms with Gasteiger partial charge in [0.25, 0.3) is 0 Å². The maximum atomic E-state index is 5.95. The second-order valence-electron chi connectivity index (χ2n) is 5.24. The lowest BCUT2D eigenvalue weighted by molar-refractivity contribution is 0.0280. The van der Waals surface area contributed by atoms with Crippen molar-refractivity contribution in [3.05, 3.63) is 29.8 Å². The Morgan fingerprint density at radius 1 is 1.00 bits per heavy atom. The van der Waals surface area contributed by atoms with Crippen LogP contribution in [0.1, 0.15) is 58.6 Å². The van der Waals surface area contributed by atoms with Crippen LogP contribution in [0.4, 0.5) is 0 Å². The molecule has 0 saturated heterocycles. The van der Waals surface area contributed by atoms with E-state index in [2.05, 4.69) is 57.3 Å². The quantitative estimate of drug-likeness (QED) is 0.658. The molecule has 1 aromatic carbocycles. The van der Waals surface area contributed by atoms with Crippen LogP contribution in [0.25, 0.3) is 0 Å². The van der Waals surface area contributed by atoms with Crippen molar-refractivity contribution in [3.63, 3.8) is 0 Å². The topological polar surface area (TPSA) is 30.5 Å². The second-order valence-corrected chi connectivity index (χ2v) is 5.24. The molecule has 0 fully saturated rings. The normalized spacial score (nSPS) is 13.9. The van der Waals surface area contributed by atoms with Gasteiger partial charge in [-0.15, -0.1) is 0 Å². The van der Waals surface area contributed by atoms with Gasteiger partial charge in [0.05, 0.1) is 18.8 Å². The highest BCUT2D eigenvalue weighted by Crippen LogP contribution is 2.25. The third-order valence-electron chi connectivity index (χ3n) is 3.46. The molecular weight excluding hydrogens is 262 g/mol. The molecule has 1 rings (SSSR count). The lowest BCUT2D eigenvalue weighted by atomic mass is 9.98. The van der Waals surface area contributed by atoms with Crippen molar-refractivity contribution >= 4 is 0 Å². The number of rotatable bonds is 11. The van der Waals surface area contributed by atoms with Gasteiger partial charge in [0.15, 0.2) is 0 Å². The molecule has 0 bridgehead atoms. The molecular formula is C18H31NO2. The highest BCUT2D eigenvalue weighted by atomic mass is 16.5. The number of hydrogen-bond donors (Lipinski definition) is 1. The van der Waals surface area contributed by atoms with Gasteiger partial charge in [-0.25, -0.2) is 0 Å². The molecule has 21 heavy (non-hydrogen) atoms. The van der Waals surface area contributed by atoms with Gasteiger partial charge >= 0.3 is 0 Å². The molecule has 2 unspecified atom stereocenters. The minimum atomic E-state index is 0.224. The van der Waals surface area contributed by atoms with E-state index in [0.29, 0.717) is 0 Å². The predicted molar refractivity (Wildman–Crippen MR) is 89.0 cm³/mol. The van der Waals surface area contributed by atoms with Gasteiger partial charge in [-0.2, -0.15) is 0 Å². The van der Waals surface area contributed by atoms with Crippen molar-refractivity contribution in [2.24, 2.45) is 0 Å². The van der Waals surface area contributed by atoms with E-state index < -0.39 is 0 Å². The summed E-state index contributed by atoms with van der Waals surface area (Å²) in [5.74, 6) is 0.944. The molecule has 2 atom stereocenters. The van der Waals surface area contributed by atoms with Gasteiger partial charge < -0.3 is 14.8 Å². The Hall–Kier alpha value is -1.06. The van der Waals surface area contributed by atoms with Crippen molar-refractivity contribution in [2.75, 3.05) is 19.8 Å². The van der Waals surface area contributed by atoms with Gasteiger partial charge in [0.1, 0.15) is 5.75 Å². The van der Waals surface area contributed by atoms with Crippen LogP contribution in [0.2, 0.25) is 0 Å². The number of hydrogen-bond acceptors (Lipinski definition) is 3. The first kappa shape index (κ1) is 18.0. The Morgan fingerprint density at radius 3 is 2.24 bits per heavy atom. The molecule has 1 N–H and O–H groups in total. The Bertz CT molecular complexity index is 358. The summed E-state index contributed by atoms with van der Waals surface area (Å²) in [6.45, 7) is 11.0. The molecule has 3 heteroatoms. The van der Waals surface area contributed by atoms with Gasteiger partial charge in [0.2, 0.25) is 0 Å². The molecule has 0 aliphatic rings. The van der Waals surface area contributed by atoms with Crippen LogP contribution >= 0.6 is 0 Å². The summed E-state index contributed by atoms with van der Waals surface area (Å²) in [6, 6.07) is 8.67. The highest BCUT2D eigenvalue weighted by Gasteiger charge is 2.22. The summed E-state index contributed by atoms with van der Waals surface area (Å²) >= 11 is 0. The van der Waals surface area contributed by atoms with E-state index in [0.717, 1.165) is 44.8 Å². The maximum absolute atomic E-state index is 5.95. The Balaban J connectivity index is 2.82. The Kier molecular flexibility index (Phi) is 9.11. The summed E-state index contributed by atoms with van der Waals surface area (Å²) < 4.78 is 11.6. The molecule has 0 saturated carbocycles. The monoisotopic (exact) mass is 293 g/mol. The van der Waals surface area contributed by atoms with Crippen molar-refractivity contribution in [2.45, 2.75) is 59.1 Å². The first-order valence-corrected chi connectivity index (χ1v) is 8.34. The summed E-state index contributed by atoms with van der Waals surface area (Å²) in [4.78, 5) is 0. The minimum Gasteiger partial charge on any atom is -0.494 e. The van der Waals surface area contributed by atoms with Gasteiger partial charge in [-0.1, -0.05) is 39.3 Å². The minimum absolute atomic E-state index is 0.224. The SMILES string of the molecule is CCCOc1ccc(C(NCC)C(CCC)OCC)cc1. The largest absolute Gasteiger partial charge is 0.494 e. The summed E-state index contributed by atoms with van der Waals surface area (Å²) in [5.41, 5.74) is 1.27. The number of nitrogens with one attached hydrogen (secondary N) is 1. The lowest BCUT2D eigenvalue weighted by Gasteiger charge is -2.28. The molecule has 0 radical (unpaired) electrons. The molecule has 1 aromatic rings. The zero-order chi connectivity index (χ0) is 15.5. The van der Waals surface area contributed by atoms with Crippen molar-refractivity contribution in [1.82, 2.24) is 5.32 Å². The van der Waals surface area contributed by atoms with E-state index in [1.807, 2.05) is 0 Å². The Morgan fingerprint density at radius 2 is 1.71 bits per heavy atom. The van der Waals surface area contributed by atoms with Crippen molar-refractivity contribution in [1.29, 1.82) is 0 Å². The fourth-order valence-electron chi connectivity index (χ4n) is 2.52. The highest BCUT2D eigenvalue weighted by molar-refractivity contribution is 5.29. The molecule has 0 heterocycles. The van der Waals surface area contributed by atoms with Crippen molar-refractivity contribution < 1.29 is 9.47 Å². The van der Waals surface area contributed by atoms with E-state index in [-0.39, 0.29) is 12.1 Å². The molecule has 120 valence electrons. The van der Waals surface area contributed by atoms with Gasteiger partial charge in [0, 0.05) is 6.61 Å². The van der Waals surface area contributed by atoms with Crippen LogP contribution in [-0.4, -0.2) is 25.9 Å². The van der Waals surface area contributed by atoms with Crippen molar-refractivity contribution in [3.8, 4) is 5.75 Å². The van der Waals surface area contributed by atoms with Crippen LogP contribution in [0.15, 0.2) is 24.3 Å². The van der Waals surface area contributed by atoms with E-state index in [1.54, 1.807) is 0 Å². The van der Waals surface area contributed by atoms with Crippen LogP contribution in [0.3, 0.4) is 0 Å². The fraction of sp³-hybridized carbons (Fsp3) is 0.667. The lowest BCUT2D eigenvalue weighted by Crippen LogP contribution is -2.34. The number of benzene rings is 1.